The lowest BCUT2D eigenvalue weighted by Crippen LogP contribution is -2.24. The van der Waals surface area contributed by atoms with Gasteiger partial charge in [0.05, 0.1) is 11.1 Å². The third-order valence-electron chi connectivity index (χ3n) is 3.19. The van der Waals surface area contributed by atoms with E-state index in [0.29, 0.717) is 24.3 Å². The molecular weight excluding hydrogens is 342 g/mol. The van der Waals surface area contributed by atoms with Crippen molar-refractivity contribution in [3.05, 3.63) is 64.2 Å². The first kappa shape index (κ1) is 18.4. The van der Waals surface area contributed by atoms with Crippen molar-refractivity contribution in [2.75, 3.05) is 6.54 Å². The van der Waals surface area contributed by atoms with E-state index in [1.54, 1.807) is 0 Å². The van der Waals surface area contributed by atoms with Crippen LogP contribution in [0.4, 0.5) is 4.79 Å². The molecule has 0 bridgehead atoms. The fraction of sp³-hybridized carbons (Fsp3) is 0.158. The fourth-order valence-corrected chi connectivity index (χ4v) is 2.19. The Bertz CT molecular complexity index is 809. The second-order valence-corrected chi connectivity index (χ2v) is 5.49. The van der Waals surface area contributed by atoms with Crippen LogP contribution in [0.1, 0.15) is 27.9 Å². The van der Waals surface area contributed by atoms with Gasteiger partial charge in [0.1, 0.15) is 12.4 Å². The third-order valence-corrected chi connectivity index (χ3v) is 3.40. The van der Waals surface area contributed by atoms with Crippen molar-refractivity contribution in [3.8, 4) is 17.6 Å². The third kappa shape index (κ3) is 5.87. The molecule has 2 rings (SSSR count). The van der Waals surface area contributed by atoms with Crippen LogP contribution in [0.5, 0.6) is 5.75 Å². The number of aldehydes is 1. The van der Waals surface area contributed by atoms with Gasteiger partial charge >= 0.3 is 6.09 Å². The van der Waals surface area contributed by atoms with E-state index in [-0.39, 0.29) is 23.5 Å². The first-order valence-electron chi connectivity index (χ1n) is 7.51. The highest BCUT2D eigenvalue weighted by Gasteiger charge is 2.06. The minimum absolute atomic E-state index is 0.0828. The van der Waals surface area contributed by atoms with Crippen molar-refractivity contribution in [2.45, 2.75) is 13.0 Å². The average Bonchev–Trinajstić information content (AvgIpc) is 2.63. The Hall–Kier alpha value is -2.97. The predicted octanol–water partition coefficient (Wildman–Crippen LogP) is 3.53. The van der Waals surface area contributed by atoms with Gasteiger partial charge < -0.3 is 15.2 Å². The quantitative estimate of drug-likeness (QED) is 0.487. The van der Waals surface area contributed by atoms with E-state index in [4.69, 9.17) is 16.3 Å². The van der Waals surface area contributed by atoms with Crippen molar-refractivity contribution >= 4 is 24.0 Å². The Labute approximate surface area is 150 Å². The van der Waals surface area contributed by atoms with Crippen molar-refractivity contribution in [1.82, 2.24) is 5.32 Å². The first-order chi connectivity index (χ1) is 12.1. The van der Waals surface area contributed by atoms with Gasteiger partial charge in [-0.25, -0.2) is 4.79 Å². The van der Waals surface area contributed by atoms with Crippen LogP contribution in [0.3, 0.4) is 0 Å². The maximum Gasteiger partial charge on any atom is 0.407 e. The molecule has 25 heavy (non-hydrogen) atoms. The molecule has 0 saturated heterocycles. The monoisotopic (exact) mass is 357 g/mol. The van der Waals surface area contributed by atoms with Crippen LogP contribution in [-0.4, -0.2) is 24.0 Å². The number of aromatic hydroxyl groups is 1. The Morgan fingerprint density at radius 1 is 1.28 bits per heavy atom. The number of benzene rings is 2. The summed E-state index contributed by atoms with van der Waals surface area (Å²) in [5.41, 5.74) is 1.25. The maximum atomic E-state index is 11.6. The van der Waals surface area contributed by atoms with Gasteiger partial charge in [-0.05, 0) is 17.7 Å². The van der Waals surface area contributed by atoms with Crippen molar-refractivity contribution < 1.29 is 19.4 Å². The molecule has 5 nitrogen and oxygen atoms in total. The van der Waals surface area contributed by atoms with Gasteiger partial charge in [-0.3, -0.25) is 4.79 Å². The number of halogens is 1. The molecule has 0 aliphatic rings. The highest BCUT2D eigenvalue weighted by atomic mass is 35.5. The largest absolute Gasteiger partial charge is 0.506 e. The maximum absolute atomic E-state index is 11.6. The second-order valence-electron chi connectivity index (χ2n) is 5.05. The number of nitrogens with one attached hydrogen (secondary N) is 1. The van der Waals surface area contributed by atoms with Crippen LogP contribution in [0, 0.1) is 11.8 Å². The Morgan fingerprint density at radius 3 is 2.76 bits per heavy atom. The molecule has 0 saturated carbocycles. The molecular formula is C19H16ClNO4. The van der Waals surface area contributed by atoms with Crippen LogP contribution in [0.2, 0.25) is 5.02 Å². The van der Waals surface area contributed by atoms with Crippen LogP contribution in [0.25, 0.3) is 0 Å². The zero-order chi connectivity index (χ0) is 18.1. The lowest BCUT2D eigenvalue weighted by Gasteiger charge is -2.05. The number of ether oxygens (including phenoxy) is 1. The molecule has 0 heterocycles. The van der Waals surface area contributed by atoms with Gasteiger partial charge in [-0.1, -0.05) is 53.8 Å². The molecule has 2 N–H and O–H groups in total. The van der Waals surface area contributed by atoms with Crippen LogP contribution >= 0.6 is 11.6 Å². The molecule has 0 aromatic heterocycles. The van der Waals surface area contributed by atoms with Crippen LogP contribution in [0.15, 0.2) is 42.5 Å². The van der Waals surface area contributed by atoms with E-state index >= 15 is 0 Å². The summed E-state index contributed by atoms with van der Waals surface area (Å²) in [6.45, 7) is 0.492. The number of phenolic OH excluding ortho intramolecular Hbond substituents is 1. The SMILES string of the molecule is O=Cc1cc(Cl)cc(C#CCCNC(=O)OCc2ccccc2)c1O. The summed E-state index contributed by atoms with van der Waals surface area (Å²) in [5.74, 6) is 5.31. The molecule has 0 unspecified atom stereocenters. The predicted molar refractivity (Wildman–Crippen MR) is 94.6 cm³/mol. The smallest absolute Gasteiger partial charge is 0.407 e. The van der Waals surface area contributed by atoms with E-state index < -0.39 is 6.09 Å². The van der Waals surface area contributed by atoms with Crippen molar-refractivity contribution in [2.24, 2.45) is 0 Å². The van der Waals surface area contributed by atoms with Gasteiger partial charge in [0.2, 0.25) is 0 Å². The van der Waals surface area contributed by atoms with Gasteiger partial charge in [-0.2, -0.15) is 0 Å². The summed E-state index contributed by atoms with van der Waals surface area (Å²) in [6, 6.07) is 12.2. The number of carbonyl (C=O) groups excluding carboxylic acids is 2. The van der Waals surface area contributed by atoms with Gasteiger partial charge in [0.25, 0.3) is 0 Å². The summed E-state index contributed by atoms with van der Waals surface area (Å²) in [6.07, 6.45) is 0.332. The number of phenols is 1. The molecule has 6 heteroatoms. The van der Waals surface area contributed by atoms with E-state index in [0.717, 1.165) is 5.56 Å². The standard InChI is InChI=1S/C19H16ClNO4/c20-17-10-15(18(23)16(11-17)12-22)8-4-5-9-21-19(24)25-13-14-6-2-1-3-7-14/h1-3,6-7,10-12,23H,5,9,13H2,(H,21,24). The topological polar surface area (TPSA) is 75.6 Å². The number of rotatable bonds is 5. The number of hydrogen-bond donors (Lipinski definition) is 2. The molecule has 0 spiro atoms. The van der Waals surface area contributed by atoms with Gasteiger partial charge in [0.15, 0.2) is 6.29 Å². The van der Waals surface area contributed by atoms with Crippen LogP contribution < -0.4 is 5.32 Å². The zero-order valence-electron chi connectivity index (χ0n) is 13.3. The number of carbonyl (C=O) groups is 2. The normalized spacial score (nSPS) is 9.64. The van der Waals surface area contributed by atoms with Crippen molar-refractivity contribution in [1.29, 1.82) is 0 Å². The van der Waals surface area contributed by atoms with Crippen LogP contribution in [-0.2, 0) is 11.3 Å². The molecule has 2 aromatic rings. The molecule has 0 aliphatic carbocycles. The van der Waals surface area contributed by atoms with E-state index in [1.165, 1.54) is 12.1 Å². The second kappa shape index (κ2) is 9.36. The van der Waals surface area contributed by atoms with E-state index in [2.05, 4.69) is 17.2 Å². The molecule has 0 atom stereocenters. The minimum Gasteiger partial charge on any atom is -0.506 e. The van der Waals surface area contributed by atoms with E-state index in [1.807, 2.05) is 30.3 Å². The summed E-state index contributed by atoms with van der Waals surface area (Å²) >= 11 is 5.86. The van der Waals surface area contributed by atoms with Gasteiger partial charge in [0, 0.05) is 18.0 Å². The average molecular weight is 358 g/mol. The number of hydrogen-bond acceptors (Lipinski definition) is 4. The Balaban J connectivity index is 1.78. The summed E-state index contributed by atoms with van der Waals surface area (Å²) in [7, 11) is 0. The van der Waals surface area contributed by atoms with Crippen molar-refractivity contribution in [3.63, 3.8) is 0 Å². The van der Waals surface area contributed by atoms with E-state index in [9.17, 15) is 14.7 Å². The molecule has 2 aromatic carbocycles. The molecule has 1 amide bonds. The summed E-state index contributed by atoms with van der Waals surface area (Å²) in [5, 5.41) is 12.7. The molecule has 128 valence electrons. The molecule has 0 fully saturated rings. The fourth-order valence-electron chi connectivity index (χ4n) is 1.96. The minimum atomic E-state index is -0.528. The first-order valence-corrected chi connectivity index (χ1v) is 7.89. The summed E-state index contributed by atoms with van der Waals surface area (Å²) < 4.78 is 5.06. The molecule has 0 aliphatic heterocycles. The number of alkyl carbamates (subject to hydrolysis) is 1. The lowest BCUT2D eigenvalue weighted by molar-refractivity contribution is 0.112. The van der Waals surface area contributed by atoms with Gasteiger partial charge in [-0.15, -0.1) is 0 Å². The number of amides is 1. The lowest BCUT2D eigenvalue weighted by atomic mass is 10.1. The Kier molecular flexibility index (Phi) is 6.87. The summed E-state index contributed by atoms with van der Waals surface area (Å²) in [4.78, 5) is 22.4. The molecule has 0 radical (unpaired) electrons. The zero-order valence-corrected chi connectivity index (χ0v) is 14.0. The highest BCUT2D eigenvalue weighted by molar-refractivity contribution is 6.31. The Morgan fingerprint density at radius 2 is 2.04 bits per heavy atom. The highest BCUT2D eigenvalue weighted by Crippen LogP contribution is 2.25.